The maximum absolute atomic E-state index is 9.91. The van der Waals surface area contributed by atoms with Gasteiger partial charge in [-0.15, -0.1) is 11.3 Å². The van der Waals surface area contributed by atoms with Crippen LogP contribution in [0.1, 0.15) is 74.1 Å². The number of hydrogen-bond acceptors (Lipinski definition) is 4. The number of hydrogen-bond donors (Lipinski definition) is 3. The molecule has 4 heteroatoms. The second-order valence-corrected chi connectivity index (χ2v) is 6.78. The maximum Gasteiger partial charge on any atom is 0.105 e. The minimum absolute atomic E-state index is 0.224. The highest BCUT2D eigenvalue weighted by molar-refractivity contribution is 7.12. The van der Waals surface area contributed by atoms with E-state index in [0.29, 0.717) is 0 Å². The lowest BCUT2D eigenvalue weighted by Crippen LogP contribution is -2.31. The van der Waals surface area contributed by atoms with Crippen molar-refractivity contribution < 1.29 is 10.2 Å². The van der Waals surface area contributed by atoms with Gasteiger partial charge in [-0.25, -0.2) is 0 Å². The molecule has 0 aliphatic heterocycles. The standard InChI is InChI=1S/C18H29NO2S/c1-2-3-4-5-6-7-8-9-10-11-15-12-13-17(22-15)18(21)16(19)14-20/h12-13,16,18,20-21H,2-9,14,19H2,1H3/t16-,18-/m0/s1. The van der Waals surface area contributed by atoms with Gasteiger partial charge >= 0.3 is 0 Å². The number of nitrogens with two attached hydrogens (primary N) is 1. The van der Waals surface area contributed by atoms with E-state index >= 15 is 0 Å². The normalized spacial score (nSPS) is 13.5. The fourth-order valence-electron chi connectivity index (χ4n) is 2.21. The van der Waals surface area contributed by atoms with Crippen LogP contribution in [-0.2, 0) is 0 Å². The van der Waals surface area contributed by atoms with Crippen LogP contribution in [0.15, 0.2) is 12.1 Å². The molecule has 0 spiro atoms. The van der Waals surface area contributed by atoms with E-state index in [1.807, 2.05) is 12.1 Å². The van der Waals surface area contributed by atoms with Crippen molar-refractivity contribution in [3.05, 3.63) is 21.9 Å². The molecule has 1 aromatic rings. The van der Waals surface area contributed by atoms with Crippen LogP contribution < -0.4 is 5.73 Å². The minimum atomic E-state index is -0.811. The molecule has 0 saturated carbocycles. The zero-order valence-electron chi connectivity index (χ0n) is 13.6. The van der Waals surface area contributed by atoms with E-state index in [1.165, 1.54) is 49.9 Å². The Bertz CT molecular complexity index is 461. The van der Waals surface area contributed by atoms with Gasteiger partial charge in [-0.05, 0) is 18.6 Å². The quantitative estimate of drug-likeness (QED) is 0.455. The molecule has 4 N–H and O–H groups in total. The minimum Gasteiger partial charge on any atom is -0.395 e. The van der Waals surface area contributed by atoms with Crippen LogP contribution in [0.5, 0.6) is 0 Å². The molecule has 1 aromatic heterocycles. The van der Waals surface area contributed by atoms with Crippen molar-refractivity contribution in [1.82, 2.24) is 0 Å². The number of aliphatic hydroxyl groups excluding tert-OH is 2. The fourth-order valence-corrected chi connectivity index (χ4v) is 3.15. The molecule has 1 rings (SSSR count). The summed E-state index contributed by atoms with van der Waals surface area (Å²) in [6, 6.07) is 3.11. The van der Waals surface area contributed by atoms with Gasteiger partial charge < -0.3 is 15.9 Å². The summed E-state index contributed by atoms with van der Waals surface area (Å²) in [5.41, 5.74) is 5.63. The molecule has 2 atom stereocenters. The molecule has 0 fully saturated rings. The average Bonchev–Trinajstić information content (AvgIpc) is 3.00. The van der Waals surface area contributed by atoms with Crippen molar-refractivity contribution >= 4 is 11.3 Å². The van der Waals surface area contributed by atoms with Gasteiger partial charge in [0.2, 0.25) is 0 Å². The van der Waals surface area contributed by atoms with Crippen LogP contribution >= 0.6 is 11.3 Å². The fraction of sp³-hybridized carbons (Fsp3) is 0.667. The summed E-state index contributed by atoms with van der Waals surface area (Å²) in [4.78, 5) is 1.71. The SMILES string of the molecule is CCCCCCCCCC#Cc1ccc([C@@H](O)[C@@H](N)CO)s1. The number of rotatable bonds is 10. The number of thiophene rings is 1. The van der Waals surface area contributed by atoms with Gasteiger partial charge in [-0.1, -0.05) is 57.3 Å². The molecule has 0 radical (unpaired) electrons. The monoisotopic (exact) mass is 323 g/mol. The van der Waals surface area contributed by atoms with Crippen LogP contribution in [-0.4, -0.2) is 22.9 Å². The molecule has 0 unspecified atom stereocenters. The molecule has 0 aliphatic rings. The lowest BCUT2D eigenvalue weighted by molar-refractivity contribution is 0.112. The zero-order valence-corrected chi connectivity index (χ0v) is 14.4. The Kier molecular flexibility index (Phi) is 10.2. The smallest absolute Gasteiger partial charge is 0.105 e. The largest absolute Gasteiger partial charge is 0.395 e. The highest BCUT2D eigenvalue weighted by atomic mass is 32.1. The van der Waals surface area contributed by atoms with Crippen molar-refractivity contribution in [2.45, 2.75) is 70.4 Å². The Morgan fingerprint density at radius 3 is 2.50 bits per heavy atom. The lowest BCUT2D eigenvalue weighted by Gasteiger charge is -2.14. The second-order valence-electron chi connectivity index (χ2n) is 5.67. The molecular formula is C18H29NO2S. The van der Waals surface area contributed by atoms with Crippen LogP contribution in [0.3, 0.4) is 0 Å². The van der Waals surface area contributed by atoms with Gasteiger partial charge in [0.25, 0.3) is 0 Å². The third kappa shape index (κ3) is 7.42. The van der Waals surface area contributed by atoms with E-state index in [1.54, 1.807) is 0 Å². The predicted molar refractivity (Wildman–Crippen MR) is 93.8 cm³/mol. The van der Waals surface area contributed by atoms with Crippen molar-refractivity contribution in [2.75, 3.05) is 6.61 Å². The van der Waals surface area contributed by atoms with Crippen molar-refractivity contribution in [2.24, 2.45) is 5.73 Å². The molecule has 1 heterocycles. The van der Waals surface area contributed by atoms with E-state index in [2.05, 4.69) is 18.8 Å². The van der Waals surface area contributed by atoms with Gasteiger partial charge in [-0.3, -0.25) is 0 Å². The molecular weight excluding hydrogens is 294 g/mol. The first-order valence-electron chi connectivity index (χ1n) is 8.32. The van der Waals surface area contributed by atoms with Crippen LogP contribution in [0, 0.1) is 11.8 Å². The Balaban J connectivity index is 2.24. The van der Waals surface area contributed by atoms with Crippen LogP contribution in [0.2, 0.25) is 0 Å². The number of unbranched alkanes of at least 4 members (excludes halogenated alkanes) is 7. The van der Waals surface area contributed by atoms with Gasteiger partial charge in [0.15, 0.2) is 0 Å². The first kappa shape index (κ1) is 19.2. The number of aliphatic hydroxyl groups is 2. The summed E-state index contributed by atoms with van der Waals surface area (Å²) >= 11 is 1.45. The van der Waals surface area contributed by atoms with Gasteiger partial charge in [0, 0.05) is 11.3 Å². The maximum atomic E-state index is 9.91. The zero-order chi connectivity index (χ0) is 16.2. The van der Waals surface area contributed by atoms with Crippen LogP contribution in [0.25, 0.3) is 0 Å². The summed E-state index contributed by atoms with van der Waals surface area (Å²) in [5, 5.41) is 18.9. The van der Waals surface area contributed by atoms with E-state index in [0.717, 1.165) is 22.6 Å². The third-order valence-electron chi connectivity index (χ3n) is 3.65. The molecule has 3 nitrogen and oxygen atoms in total. The Morgan fingerprint density at radius 1 is 1.14 bits per heavy atom. The molecule has 0 aliphatic carbocycles. The predicted octanol–water partition coefficient (Wildman–Crippen LogP) is 3.59. The Hall–Kier alpha value is -0.860. The van der Waals surface area contributed by atoms with E-state index in [9.17, 15) is 5.11 Å². The Morgan fingerprint density at radius 2 is 1.82 bits per heavy atom. The molecule has 0 saturated heterocycles. The average molecular weight is 324 g/mol. The topological polar surface area (TPSA) is 66.5 Å². The van der Waals surface area contributed by atoms with Crippen molar-refractivity contribution in [3.63, 3.8) is 0 Å². The van der Waals surface area contributed by atoms with E-state index in [-0.39, 0.29) is 6.61 Å². The highest BCUT2D eigenvalue weighted by Crippen LogP contribution is 2.24. The van der Waals surface area contributed by atoms with Crippen molar-refractivity contribution in [3.8, 4) is 11.8 Å². The molecule has 124 valence electrons. The molecule has 0 bridgehead atoms. The summed E-state index contributed by atoms with van der Waals surface area (Å²) in [7, 11) is 0. The molecule has 22 heavy (non-hydrogen) atoms. The Labute approximate surface area is 138 Å². The van der Waals surface area contributed by atoms with Crippen LogP contribution in [0.4, 0.5) is 0 Å². The van der Waals surface area contributed by atoms with Gasteiger partial charge in [-0.2, -0.15) is 0 Å². The summed E-state index contributed by atoms with van der Waals surface area (Å²) in [6.07, 6.45) is 9.22. The van der Waals surface area contributed by atoms with E-state index in [4.69, 9.17) is 10.8 Å². The van der Waals surface area contributed by atoms with Gasteiger partial charge in [0.1, 0.15) is 6.10 Å². The molecule has 0 amide bonds. The molecule has 0 aromatic carbocycles. The van der Waals surface area contributed by atoms with Gasteiger partial charge in [0.05, 0.1) is 17.5 Å². The second kappa shape index (κ2) is 11.7. The third-order valence-corrected chi connectivity index (χ3v) is 4.72. The summed E-state index contributed by atoms with van der Waals surface area (Å²) in [5.74, 6) is 6.34. The first-order chi connectivity index (χ1) is 10.7. The highest BCUT2D eigenvalue weighted by Gasteiger charge is 2.17. The lowest BCUT2D eigenvalue weighted by atomic mass is 10.1. The summed E-state index contributed by atoms with van der Waals surface area (Å²) < 4.78 is 0. The summed E-state index contributed by atoms with van der Waals surface area (Å²) in [6.45, 7) is 2.01. The first-order valence-corrected chi connectivity index (χ1v) is 9.13. The van der Waals surface area contributed by atoms with E-state index < -0.39 is 12.1 Å². The van der Waals surface area contributed by atoms with Crippen molar-refractivity contribution in [1.29, 1.82) is 0 Å².